The molecule has 6 atom stereocenters. The van der Waals surface area contributed by atoms with Gasteiger partial charge in [-0.3, -0.25) is 8.98 Å². The fourth-order valence-electron chi connectivity index (χ4n) is 6.65. The molecule has 0 heterocycles. The van der Waals surface area contributed by atoms with E-state index in [0.29, 0.717) is 36.4 Å². The molecule has 148 valence electrons. The summed E-state index contributed by atoms with van der Waals surface area (Å²) in [5, 5.41) is 0. The first-order valence-corrected chi connectivity index (χ1v) is 10.8. The van der Waals surface area contributed by atoms with Gasteiger partial charge in [0.1, 0.15) is 5.78 Å². The van der Waals surface area contributed by atoms with Gasteiger partial charge in [-0.2, -0.15) is 0 Å². The quantitative estimate of drug-likeness (QED) is 0.265. The van der Waals surface area contributed by atoms with Gasteiger partial charge in [0.2, 0.25) is 10.4 Å². The molecule has 4 aliphatic carbocycles. The predicted molar refractivity (Wildman–Crippen MR) is 94.9 cm³/mol. The van der Waals surface area contributed by atoms with E-state index < -0.39 is 16.5 Å². The van der Waals surface area contributed by atoms with Gasteiger partial charge < -0.3 is 10.0 Å². The van der Waals surface area contributed by atoms with Crippen LogP contribution in [0.15, 0.2) is 11.6 Å². The zero-order valence-electron chi connectivity index (χ0n) is 16.5. The molecule has 0 aromatic rings. The van der Waals surface area contributed by atoms with Gasteiger partial charge in [0.05, 0.1) is 6.10 Å². The summed E-state index contributed by atoms with van der Waals surface area (Å²) in [6.07, 6.45) is 8.55. The molecule has 0 radical (unpaired) electrons. The summed E-state index contributed by atoms with van der Waals surface area (Å²) in [7, 11) is -4.65. The van der Waals surface area contributed by atoms with Gasteiger partial charge in [-0.1, -0.05) is 25.5 Å². The Labute approximate surface area is 184 Å². The molecule has 0 bridgehead atoms. The van der Waals surface area contributed by atoms with Gasteiger partial charge >= 0.3 is 29.6 Å². The summed E-state index contributed by atoms with van der Waals surface area (Å²) in [6.45, 7) is 4.48. The van der Waals surface area contributed by atoms with Gasteiger partial charge in [-0.15, -0.1) is 0 Å². The van der Waals surface area contributed by atoms with E-state index in [1.165, 1.54) is 5.57 Å². The Balaban J connectivity index is 0.00000131. The first kappa shape index (κ1) is 23.5. The molecule has 0 spiro atoms. The van der Waals surface area contributed by atoms with Crippen molar-refractivity contribution in [1.29, 1.82) is 0 Å². The summed E-state index contributed by atoms with van der Waals surface area (Å²) in [4.78, 5) is 12.4. The average molecular weight is 408 g/mol. The van der Waals surface area contributed by atoms with Crippen LogP contribution in [0.25, 0.3) is 0 Å². The zero-order chi connectivity index (χ0) is 18.0. The fraction of sp³-hybridized carbons (Fsp3) is 0.842. The van der Waals surface area contributed by atoms with Crippen LogP contribution < -0.4 is 29.6 Å². The molecule has 8 heteroatoms. The van der Waals surface area contributed by atoms with Crippen LogP contribution in [0.2, 0.25) is 0 Å². The van der Waals surface area contributed by atoms with Crippen LogP contribution in [0, 0.1) is 28.6 Å². The number of Topliss-reactive ketones (excluding diaryl/α,β-unsaturated/α-hetero) is 1. The number of allylic oxidation sites excluding steroid dienone is 1. The molecule has 4 aliphatic rings. The third-order valence-electron chi connectivity index (χ3n) is 8.02. The largest absolute Gasteiger partial charge is 1.00 e. The summed E-state index contributed by atoms with van der Waals surface area (Å²) in [5.41, 5.74) is 1.20. The fourth-order valence-corrected chi connectivity index (χ4v) is 7.14. The number of carbonyl (C=O) groups is 1. The number of hydrogen-bond acceptors (Lipinski definition) is 5. The van der Waals surface area contributed by atoms with Crippen molar-refractivity contribution in [1.82, 2.24) is 0 Å². The molecule has 4 rings (SSSR count). The zero-order valence-corrected chi connectivity index (χ0v) is 19.3. The van der Waals surface area contributed by atoms with Crippen molar-refractivity contribution in [3.63, 3.8) is 0 Å². The van der Waals surface area contributed by atoms with Crippen LogP contribution in [0.5, 0.6) is 0 Å². The minimum absolute atomic E-state index is 0. The first-order valence-electron chi connectivity index (χ1n) is 9.50. The van der Waals surface area contributed by atoms with Crippen LogP contribution >= 0.6 is 0 Å². The van der Waals surface area contributed by atoms with E-state index >= 15 is 0 Å². The molecular weight excluding hydrogens is 379 g/mol. The molecule has 0 saturated heterocycles. The first-order chi connectivity index (χ1) is 11.6. The summed E-state index contributed by atoms with van der Waals surface area (Å²) in [6, 6.07) is 0. The van der Waals surface area contributed by atoms with Crippen LogP contribution in [-0.2, 0) is 19.4 Å². The minimum atomic E-state index is -4.65. The molecule has 2 N–H and O–H groups in total. The summed E-state index contributed by atoms with van der Waals surface area (Å²) >= 11 is 0. The summed E-state index contributed by atoms with van der Waals surface area (Å²) < 4.78 is 37.5. The second-order valence-corrected chi connectivity index (χ2v) is 10.1. The van der Waals surface area contributed by atoms with Crippen molar-refractivity contribution in [3.8, 4) is 0 Å². The smallest absolute Gasteiger partial charge is 0.726 e. The van der Waals surface area contributed by atoms with Crippen LogP contribution in [0.1, 0.15) is 65.2 Å². The number of hydrogen-bond donors (Lipinski definition) is 0. The third-order valence-corrected chi connectivity index (χ3v) is 8.53. The molecule has 3 saturated carbocycles. The molecule has 0 aromatic heterocycles. The average Bonchev–Trinajstić information content (AvgIpc) is 2.82. The molecule has 6 nitrogen and oxygen atoms in total. The molecule has 0 aromatic carbocycles. The van der Waals surface area contributed by atoms with Crippen molar-refractivity contribution < 1.29 is 57.0 Å². The maximum Gasteiger partial charge on any atom is 1.00 e. The third kappa shape index (κ3) is 3.86. The number of carbonyl (C=O) groups excluding carboxylic acids is 1. The molecule has 0 amide bonds. The van der Waals surface area contributed by atoms with E-state index in [4.69, 9.17) is 4.18 Å². The van der Waals surface area contributed by atoms with Gasteiger partial charge in [0.25, 0.3) is 0 Å². The Morgan fingerprint density at radius 3 is 2.41 bits per heavy atom. The van der Waals surface area contributed by atoms with E-state index in [-0.39, 0.29) is 45.9 Å². The molecule has 3 unspecified atom stereocenters. The Morgan fingerprint density at radius 2 is 1.74 bits per heavy atom. The molecule has 3 fully saturated rings. The van der Waals surface area contributed by atoms with Crippen molar-refractivity contribution in [2.24, 2.45) is 28.6 Å². The van der Waals surface area contributed by atoms with Crippen molar-refractivity contribution >= 4 is 16.2 Å². The standard InChI is InChI=1S/C19H28O5S.Na.H2O/c1-18-9-7-13(24-25(21,22)23)11-12(18)3-4-14-15-5-6-17(20)19(15,2)10-8-16(14)18;;/h3,13-16H,4-11H2,1-2H3,(H,21,22,23);;1H2/q;+1;/p-1/t13-,14?,15?,16?,18-,19-;;/m0../s1. The maximum atomic E-state index is 12.4. The van der Waals surface area contributed by atoms with Gasteiger partial charge in [-0.05, 0) is 68.1 Å². The Hall–Kier alpha value is 0.240. The molecule has 0 aliphatic heterocycles. The molecule has 27 heavy (non-hydrogen) atoms. The SMILES string of the molecule is C[C@]12CC[C@H](OS(=O)(=O)[O-])CC1=CCC1C2CC[C@]2(C)C(=O)CCC12.O.[Na+]. The Bertz CT molecular complexity index is 734. The van der Waals surface area contributed by atoms with Crippen molar-refractivity contribution in [2.45, 2.75) is 71.3 Å². The topological polar surface area (TPSA) is 115 Å². The number of rotatable bonds is 2. The van der Waals surface area contributed by atoms with Crippen molar-refractivity contribution in [2.75, 3.05) is 0 Å². The van der Waals surface area contributed by atoms with Crippen molar-refractivity contribution in [3.05, 3.63) is 11.6 Å². The monoisotopic (exact) mass is 408 g/mol. The van der Waals surface area contributed by atoms with E-state index in [9.17, 15) is 17.8 Å². The van der Waals surface area contributed by atoms with Crippen LogP contribution in [0.3, 0.4) is 0 Å². The normalized spacial score (nSPS) is 43.4. The molecular formula is C19H29NaO6S. The predicted octanol–water partition coefficient (Wildman–Crippen LogP) is -0.457. The van der Waals surface area contributed by atoms with Gasteiger partial charge in [-0.25, -0.2) is 8.42 Å². The van der Waals surface area contributed by atoms with Gasteiger partial charge in [0, 0.05) is 11.8 Å². The van der Waals surface area contributed by atoms with Crippen LogP contribution in [0.4, 0.5) is 0 Å². The van der Waals surface area contributed by atoms with Crippen LogP contribution in [-0.4, -0.2) is 30.3 Å². The number of fused-ring (bicyclic) bond motifs is 5. The number of ketones is 1. The maximum absolute atomic E-state index is 12.4. The Morgan fingerprint density at radius 1 is 1.11 bits per heavy atom. The second kappa shape index (κ2) is 7.82. The summed E-state index contributed by atoms with van der Waals surface area (Å²) in [5.74, 6) is 2.05. The van der Waals surface area contributed by atoms with E-state index in [0.717, 1.165) is 38.5 Å². The van der Waals surface area contributed by atoms with Gasteiger partial charge in [0.15, 0.2) is 0 Å². The van der Waals surface area contributed by atoms with E-state index in [2.05, 4.69) is 19.9 Å². The van der Waals surface area contributed by atoms with E-state index in [1.54, 1.807) is 0 Å². The second-order valence-electron chi connectivity index (χ2n) is 9.05. The minimum Gasteiger partial charge on any atom is -0.726 e. The van der Waals surface area contributed by atoms with E-state index in [1.807, 2.05) is 0 Å². The Kier molecular flexibility index (Phi) is 6.81.